The first kappa shape index (κ1) is 16.8. The van der Waals surface area contributed by atoms with Crippen molar-refractivity contribution < 1.29 is 9.18 Å². The molecule has 1 atom stereocenters. The largest absolute Gasteiger partial charge is 0.325 e. The zero-order chi connectivity index (χ0) is 17.8. The number of aromatic nitrogens is 3. The van der Waals surface area contributed by atoms with Crippen LogP contribution in [-0.2, 0) is 7.05 Å². The van der Waals surface area contributed by atoms with Crippen molar-refractivity contribution >= 4 is 5.91 Å². The van der Waals surface area contributed by atoms with Gasteiger partial charge in [-0.05, 0) is 42.8 Å². The van der Waals surface area contributed by atoms with Gasteiger partial charge in [0, 0.05) is 26.0 Å². The molecule has 25 heavy (non-hydrogen) atoms. The lowest BCUT2D eigenvalue weighted by Crippen LogP contribution is -2.37. The molecule has 0 bridgehead atoms. The van der Waals surface area contributed by atoms with Gasteiger partial charge >= 0.3 is 0 Å². The van der Waals surface area contributed by atoms with Crippen LogP contribution in [0.25, 0.3) is 0 Å². The second-order valence-corrected chi connectivity index (χ2v) is 5.64. The SMILES string of the molecule is CCN(C(=O)c1ccnn1C)[C@H](c1ccc(F)cc1)c1ccccn1. The molecule has 2 heterocycles. The monoisotopic (exact) mass is 338 g/mol. The van der Waals surface area contributed by atoms with E-state index >= 15 is 0 Å². The molecule has 0 fully saturated rings. The normalized spacial score (nSPS) is 12.0. The highest BCUT2D eigenvalue weighted by Gasteiger charge is 2.28. The number of nitrogens with zero attached hydrogens (tertiary/aromatic N) is 4. The molecule has 0 spiro atoms. The average molecular weight is 338 g/mol. The van der Waals surface area contributed by atoms with Gasteiger partial charge < -0.3 is 4.90 Å². The van der Waals surface area contributed by atoms with Gasteiger partial charge in [-0.15, -0.1) is 0 Å². The first-order chi connectivity index (χ1) is 12.1. The van der Waals surface area contributed by atoms with Crippen LogP contribution in [0.5, 0.6) is 0 Å². The lowest BCUT2D eigenvalue weighted by molar-refractivity contribution is 0.0703. The summed E-state index contributed by atoms with van der Waals surface area (Å²) in [6.07, 6.45) is 3.28. The predicted molar refractivity (Wildman–Crippen MR) is 92.4 cm³/mol. The van der Waals surface area contributed by atoms with Crippen LogP contribution in [0.15, 0.2) is 60.9 Å². The Morgan fingerprint density at radius 1 is 1.16 bits per heavy atom. The molecular formula is C19H19FN4O. The molecule has 1 aromatic carbocycles. The van der Waals surface area contributed by atoms with Crippen molar-refractivity contribution in [2.75, 3.05) is 6.54 Å². The van der Waals surface area contributed by atoms with E-state index in [1.54, 1.807) is 47.2 Å². The molecule has 5 nitrogen and oxygen atoms in total. The molecule has 0 unspecified atom stereocenters. The third-order valence-corrected chi connectivity index (χ3v) is 4.11. The number of carbonyl (C=O) groups is 1. The van der Waals surface area contributed by atoms with E-state index in [4.69, 9.17) is 0 Å². The summed E-state index contributed by atoms with van der Waals surface area (Å²) in [6.45, 7) is 2.39. The van der Waals surface area contributed by atoms with Gasteiger partial charge in [0.25, 0.3) is 5.91 Å². The van der Waals surface area contributed by atoms with Crippen molar-refractivity contribution in [3.63, 3.8) is 0 Å². The highest BCUT2D eigenvalue weighted by atomic mass is 19.1. The van der Waals surface area contributed by atoms with E-state index in [-0.39, 0.29) is 11.7 Å². The second kappa shape index (κ2) is 7.25. The van der Waals surface area contributed by atoms with Crippen molar-refractivity contribution in [1.29, 1.82) is 0 Å². The van der Waals surface area contributed by atoms with Crippen LogP contribution in [0.4, 0.5) is 4.39 Å². The Labute approximate surface area is 145 Å². The van der Waals surface area contributed by atoms with Gasteiger partial charge in [0.1, 0.15) is 11.5 Å². The van der Waals surface area contributed by atoms with Gasteiger partial charge in [-0.2, -0.15) is 5.10 Å². The number of hydrogen-bond donors (Lipinski definition) is 0. The number of halogens is 1. The first-order valence-corrected chi connectivity index (χ1v) is 8.07. The Kier molecular flexibility index (Phi) is 4.88. The summed E-state index contributed by atoms with van der Waals surface area (Å²) in [6, 6.07) is 13.0. The van der Waals surface area contributed by atoms with E-state index in [0.29, 0.717) is 12.2 Å². The maximum Gasteiger partial charge on any atom is 0.272 e. The molecule has 3 aromatic rings. The zero-order valence-corrected chi connectivity index (χ0v) is 14.1. The van der Waals surface area contributed by atoms with Gasteiger partial charge in [-0.3, -0.25) is 14.5 Å². The number of pyridine rings is 1. The third kappa shape index (κ3) is 3.42. The minimum Gasteiger partial charge on any atom is -0.325 e. The van der Waals surface area contributed by atoms with Crippen LogP contribution < -0.4 is 0 Å². The van der Waals surface area contributed by atoms with E-state index < -0.39 is 6.04 Å². The number of hydrogen-bond acceptors (Lipinski definition) is 3. The molecule has 3 rings (SSSR count). The number of benzene rings is 1. The fourth-order valence-corrected chi connectivity index (χ4v) is 2.87. The number of carbonyl (C=O) groups excluding carboxylic acids is 1. The molecule has 0 aliphatic carbocycles. The molecule has 0 aliphatic rings. The molecule has 6 heteroatoms. The van der Waals surface area contributed by atoms with E-state index in [9.17, 15) is 9.18 Å². The van der Waals surface area contributed by atoms with E-state index in [1.807, 2.05) is 25.1 Å². The van der Waals surface area contributed by atoms with Gasteiger partial charge in [0.05, 0.1) is 11.7 Å². The van der Waals surface area contributed by atoms with Crippen molar-refractivity contribution in [2.24, 2.45) is 7.05 Å². The Morgan fingerprint density at radius 3 is 2.48 bits per heavy atom. The Hall–Kier alpha value is -3.02. The number of rotatable bonds is 5. The third-order valence-electron chi connectivity index (χ3n) is 4.11. The summed E-state index contributed by atoms with van der Waals surface area (Å²) < 4.78 is 14.9. The highest BCUT2D eigenvalue weighted by molar-refractivity contribution is 5.93. The predicted octanol–water partition coefficient (Wildman–Crippen LogP) is 3.21. The average Bonchev–Trinajstić information content (AvgIpc) is 3.07. The summed E-state index contributed by atoms with van der Waals surface area (Å²) in [5, 5.41) is 4.07. The van der Waals surface area contributed by atoms with Crippen LogP contribution in [0.2, 0.25) is 0 Å². The Bertz CT molecular complexity index is 845. The molecule has 0 saturated heterocycles. The number of aryl methyl sites for hydroxylation is 1. The molecule has 0 saturated carbocycles. The van der Waals surface area contributed by atoms with Crippen LogP contribution >= 0.6 is 0 Å². The van der Waals surface area contributed by atoms with Gasteiger partial charge in [-0.25, -0.2) is 4.39 Å². The molecule has 0 N–H and O–H groups in total. The maximum absolute atomic E-state index is 13.4. The van der Waals surface area contributed by atoms with Crippen molar-refractivity contribution in [3.8, 4) is 0 Å². The van der Waals surface area contributed by atoms with Gasteiger partial charge in [0.15, 0.2) is 0 Å². The summed E-state index contributed by atoms with van der Waals surface area (Å²) in [7, 11) is 1.73. The van der Waals surface area contributed by atoms with Crippen LogP contribution in [0.1, 0.15) is 34.7 Å². The minimum absolute atomic E-state index is 0.150. The summed E-state index contributed by atoms with van der Waals surface area (Å²) in [4.78, 5) is 19.2. The fraction of sp³-hybridized carbons (Fsp3) is 0.211. The minimum atomic E-state index is -0.408. The lowest BCUT2D eigenvalue weighted by Gasteiger charge is -2.31. The van der Waals surface area contributed by atoms with Crippen molar-refractivity contribution in [2.45, 2.75) is 13.0 Å². The Balaban J connectivity index is 2.07. The van der Waals surface area contributed by atoms with Gasteiger partial charge in [-0.1, -0.05) is 18.2 Å². The zero-order valence-electron chi connectivity index (χ0n) is 14.1. The van der Waals surface area contributed by atoms with Crippen LogP contribution in [0.3, 0.4) is 0 Å². The lowest BCUT2D eigenvalue weighted by atomic mass is 10.0. The van der Waals surface area contributed by atoms with E-state index in [0.717, 1.165) is 11.3 Å². The maximum atomic E-state index is 13.4. The van der Waals surface area contributed by atoms with E-state index in [2.05, 4.69) is 10.1 Å². The summed E-state index contributed by atoms with van der Waals surface area (Å²) in [5.41, 5.74) is 2.02. The molecular weight excluding hydrogens is 319 g/mol. The molecule has 2 aromatic heterocycles. The second-order valence-electron chi connectivity index (χ2n) is 5.64. The van der Waals surface area contributed by atoms with Gasteiger partial charge in [0.2, 0.25) is 0 Å². The van der Waals surface area contributed by atoms with Crippen molar-refractivity contribution in [1.82, 2.24) is 19.7 Å². The fourth-order valence-electron chi connectivity index (χ4n) is 2.87. The smallest absolute Gasteiger partial charge is 0.272 e. The summed E-state index contributed by atoms with van der Waals surface area (Å²) >= 11 is 0. The topological polar surface area (TPSA) is 51.0 Å². The standard InChI is InChI=1S/C19H19FN4O/c1-3-24(19(25)17-11-13-22-23(17)2)18(16-6-4-5-12-21-16)14-7-9-15(20)10-8-14/h4-13,18H,3H2,1-2H3/t18-/m1/s1. The number of amides is 1. The first-order valence-electron chi connectivity index (χ1n) is 8.07. The van der Waals surface area contributed by atoms with Crippen LogP contribution in [-0.4, -0.2) is 32.1 Å². The molecule has 0 aliphatic heterocycles. The highest BCUT2D eigenvalue weighted by Crippen LogP contribution is 2.28. The van der Waals surface area contributed by atoms with E-state index in [1.165, 1.54) is 12.1 Å². The molecule has 1 amide bonds. The molecule has 0 radical (unpaired) electrons. The quantitative estimate of drug-likeness (QED) is 0.718. The van der Waals surface area contributed by atoms with Crippen molar-refractivity contribution in [3.05, 3.63) is 83.7 Å². The molecule has 128 valence electrons. The van der Waals surface area contributed by atoms with Crippen LogP contribution in [0, 0.1) is 5.82 Å². The Morgan fingerprint density at radius 2 is 1.92 bits per heavy atom. The summed E-state index contributed by atoms with van der Waals surface area (Å²) in [5.74, 6) is -0.466.